The lowest BCUT2D eigenvalue weighted by Crippen LogP contribution is -2.35. The monoisotopic (exact) mass is 531 g/mol. The molecule has 1 aromatic heterocycles. The average molecular weight is 532 g/mol. The van der Waals surface area contributed by atoms with Crippen LogP contribution < -0.4 is 9.62 Å². The van der Waals surface area contributed by atoms with Crippen LogP contribution in [0, 0.1) is 0 Å². The van der Waals surface area contributed by atoms with Crippen LogP contribution in [0.3, 0.4) is 0 Å². The summed E-state index contributed by atoms with van der Waals surface area (Å²) < 4.78 is 29.4. The van der Waals surface area contributed by atoms with Crippen molar-refractivity contribution in [2.45, 2.75) is 4.90 Å². The molecular weight excluding hydrogens is 513 g/mol. The minimum Gasteiger partial charge on any atom is -0.480 e. The predicted octanol–water partition coefficient (Wildman–Crippen LogP) is 4.58. The maximum Gasteiger partial charge on any atom is 0.324 e. The molecule has 0 aliphatic carbocycles. The quantitative estimate of drug-likeness (QED) is 0.362. The first-order valence-corrected chi connectivity index (χ1v) is 12.4. The maximum absolute atomic E-state index is 13.4. The Hall–Kier alpha value is -3.53. The molecule has 180 valence electrons. The fourth-order valence-electron chi connectivity index (χ4n) is 3.69. The molecule has 0 saturated carbocycles. The first-order chi connectivity index (χ1) is 16.6. The van der Waals surface area contributed by atoms with Crippen molar-refractivity contribution in [1.82, 2.24) is 9.88 Å². The van der Waals surface area contributed by atoms with Gasteiger partial charge in [-0.05, 0) is 60.7 Å². The van der Waals surface area contributed by atoms with Crippen molar-refractivity contribution in [3.8, 4) is 5.69 Å². The summed E-state index contributed by atoms with van der Waals surface area (Å²) in [6, 6.07) is 17.4. The number of nitrogens with one attached hydrogen (secondary N) is 1. The van der Waals surface area contributed by atoms with Crippen molar-refractivity contribution < 1.29 is 23.1 Å². The van der Waals surface area contributed by atoms with Gasteiger partial charge in [-0.2, -0.15) is 0 Å². The molecule has 0 unspecified atom stereocenters. The third kappa shape index (κ3) is 4.97. The first kappa shape index (κ1) is 24.6. The fraction of sp³-hybridized carbons (Fsp3) is 0.0833. The number of carboxylic acids is 1. The van der Waals surface area contributed by atoms with Crippen LogP contribution in [0.5, 0.6) is 0 Å². The van der Waals surface area contributed by atoms with Crippen LogP contribution in [0.2, 0.25) is 10.0 Å². The molecule has 4 aromatic rings. The average Bonchev–Trinajstić information content (AvgIpc) is 3.24. The van der Waals surface area contributed by atoms with Gasteiger partial charge < -0.3 is 15.0 Å². The maximum atomic E-state index is 13.4. The molecule has 2 N–H and O–H groups in total. The number of amides is 1. The molecule has 0 saturated heterocycles. The second kappa shape index (κ2) is 9.61. The summed E-state index contributed by atoms with van der Waals surface area (Å²) in [6.07, 6.45) is 1.78. The van der Waals surface area contributed by atoms with E-state index in [1.807, 2.05) is 10.6 Å². The molecule has 1 heterocycles. The summed E-state index contributed by atoms with van der Waals surface area (Å²) in [6.45, 7) is -0.799. The van der Waals surface area contributed by atoms with E-state index in [9.17, 15) is 23.1 Å². The van der Waals surface area contributed by atoms with E-state index in [1.54, 1.807) is 49.6 Å². The number of carboxylic acid groups (broad SMARTS) is 1. The second-order valence-electron chi connectivity index (χ2n) is 7.57. The number of sulfonamides is 1. The van der Waals surface area contributed by atoms with Crippen molar-refractivity contribution in [3.05, 3.63) is 88.5 Å². The molecule has 0 aliphatic heterocycles. The molecule has 0 atom stereocenters. The van der Waals surface area contributed by atoms with E-state index in [-0.39, 0.29) is 26.5 Å². The van der Waals surface area contributed by atoms with Crippen molar-refractivity contribution in [2.24, 2.45) is 0 Å². The third-order valence-electron chi connectivity index (χ3n) is 5.28. The van der Waals surface area contributed by atoms with Gasteiger partial charge >= 0.3 is 5.97 Å². The third-order valence-corrected chi connectivity index (χ3v) is 7.47. The number of aromatic nitrogens is 1. The lowest BCUT2D eigenvalue weighted by atomic mass is 10.2. The highest BCUT2D eigenvalue weighted by atomic mass is 35.5. The van der Waals surface area contributed by atoms with Gasteiger partial charge in [0.25, 0.3) is 15.9 Å². The summed E-state index contributed by atoms with van der Waals surface area (Å²) in [5, 5.41) is 12.9. The Kier molecular flexibility index (Phi) is 6.75. The Morgan fingerprint density at radius 3 is 2.37 bits per heavy atom. The Balaban J connectivity index is 1.79. The standard InChI is InChI=1S/C24H19Cl2N3O5S/c1-27-24(32)16-3-2-4-19(10-16)28-8-7-15-9-20(5-6-22(15)28)29(14-23(30)31)35(33,34)21-12-17(25)11-18(26)13-21/h2-13H,14H2,1H3,(H,27,32)(H,30,31). The van der Waals surface area contributed by atoms with Crippen LogP contribution in [0.4, 0.5) is 5.69 Å². The first-order valence-electron chi connectivity index (χ1n) is 10.2. The molecule has 35 heavy (non-hydrogen) atoms. The smallest absolute Gasteiger partial charge is 0.324 e. The molecule has 0 fully saturated rings. The van der Waals surface area contributed by atoms with Gasteiger partial charge in [0.15, 0.2) is 0 Å². The molecule has 4 rings (SSSR count). The number of anilines is 1. The number of aliphatic carboxylic acids is 1. The number of carbonyl (C=O) groups excluding carboxylic acids is 1. The van der Waals surface area contributed by atoms with Gasteiger partial charge in [0.2, 0.25) is 0 Å². The van der Waals surface area contributed by atoms with Gasteiger partial charge in [0.1, 0.15) is 6.54 Å². The Morgan fingerprint density at radius 1 is 1.00 bits per heavy atom. The van der Waals surface area contributed by atoms with Gasteiger partial charge in [-0.3, -0.25) is 13.9 Å². The number of hydrogen-bond acceptors (Lipinski definition) is 4. The summed E-state index contributed by atoms with van der Waals surface area (Å²) in [4.78, 5) is 23.4. The predicted molar refractivity (Wildman–Crippen MR) is 135 cm³/mol. The summed E-state index contributed by atoms with van der Waals surface area (Å²) in [7, 11) is -2.74. The number of halogens is 2. The molecule has 0 radical (unpaired) electrons. The lowest BCUT2D eigenvalue weighted by Gasteiger charge is -2.23. The molecule has 11 heteroatoms. The van der Waals surface area contributed by atoms with Gasteiger partial charge in [0.05, 0.1) is 16.1 Å². The van der Waals surface area contributed by atoms with Crippen molar-refractivity contribution >= 4 is 61.7 Å². The number of benzene rings is 3. The van der Waals surface area contributed by atoms with Gasteiger partial charge in [-0.25, -0.2) is 8.42 Å². The SMILES string of the molecule is CNC(=O)c1cccc(-n2ccc3cc(N(CC(=O)O)S(=O)(=O)c4cc(Cl)cc(Cl)c4)ccc32)c1. The van der Waals surface area contributed by atoms with Crippen molar-refractivity contribution in [2.75, 3.05) is 17.9 Å². The van der Waals surface area contributed by atoms with E-state index in [4.69, 9.17) is 23.2 Å². The van der Waals surface area contributed by atoms with Gasteiger partial charge in [-0.15, -0.1) is 0 Å². The largest absolute Gasteiger partial charge is 0.480 e. The highest BCUT2D eigenvalue weighted by Gasteiger charge is 2.28. The van der Waals surface area contributed by atoms with E-state index in [1.165, 1.54) is 24.3 Å². The van der Waals surface area contributed by atoms with Crippen molar-refractivity contribution in [1.29, 1.82) is 0 Å². The lowest BCUT2D eigenvalue weighted by molar-refractivity contribution is -0.135. The Labute approximate surface area is 211 Å². The van der Waals surface area contributed by atoms with Crippen molar-refractivity contribution in [3.63, 3.8) is 0 Å². The van der Waals surface area contributed by atoms with E-state index in [0.29, 0.717) is 10.9 Å². The molecular formula is C24H19Cl2N3O5S. The van der Waals surface area contributed by atoms with Crippen LogP contribution in [-0.2, 0) is 14.8 Å². The Bertz CT molecular complexity index is 1550. The molecule has 0 spiro atoms. The van der Waals surface area contributed by atoms with E-state index < -0.39 is 22.5 Å². The molecule has 8 nitrogen and oxygen atoms in total. The van der Waals surface area contributed by atoms with Crippen LogP contribution in [0.1, 0.15) is 10.4 Å². The molecule has 0 aliphatic rings. The van der Waals surface area contributed by atoms with Crippen LogP contribution in [0.15, 0.2) is 77.8 Å². The molecule has 3 aromatic carbocycles. The summed E-state index contributed by atoms with van der Waals surface area (Å²) >= 11 is 12.0. The molecule has 1 amide bonds. The Morgan fingerprint density at radius 2 is 1.71 bits per heavy atom. The number of hydrogen-bond donors (Lipinski definition) is 2. The van der Waals surface area contributed by atoms with Crippen LogP contribution >= 0.6 is 23.2 Å². The fourth-order valence-corrected chi connectivity index (χ4v) is 5.83. The minimum atomic E-state index is -4.29. The number of carbonyl (C=O) groups is 2. The highest BCUT2D eigenvalue weighted by Crippen LogP contribution is 2.31. The normalized spacial score (nSPS) is 11.4. The number of nitrogens with zero attached hydrogens (tertiary/aromatic N) is 2. The second-order valence-corrected chi connectivity index (χ2v) is 10.3. The van der Waals surface area contributed by atoms with Crippen LogP contribution in [-0.4, -0.2) is 43.6 Å². The minimum absolute atomic E-state index is 0.109. The highest BCUT2D eigenvalue weighted by molar-refractivity contribution is 7.92. The van der Waals surface area contributed by atoms with Gasteiger partial charge in [0, 0.05) is 39.9 Å². The van der Waals surface area contributed by atoms with E-state index >= 15 is 0 Å². The zero-order valence-electron chi connectivity index (χ0n) is 18.3. The number of fused-ring (bicyclic) bond motifs is 1. The zero-order chi connectivity index (χ0) is 25.3. The zero-order valence-corrected chi connectivity index (χ0v) is 20.6. The summed E-state index contributed by atoms with van der Waals surface area (Å²) in [5.41, 5.74) is 2.12. The van der Waals surface area contributed by atoms with E-state index in [2.05, 4.69) is 5.32 Å². The topological polar surface area (TPSA) is 109 Å². The van der Waals surface area contributed by atoms with Gasteiger partial charge in [-0.1, -0.05) is 29.3 Å². The van der Waals surface area contributed by atoms with Crippen LogP contribution in [0.25, 0.3) is 16.6 Å². The summed E-state index contributed by atoms with van der Waals surface area (Å²) in [5.74, 6) is -1.55. The number of rotatable bonds is 7. The molecule has 0 bridgehead atoms. The van der Waals surface area contributed by atoms with E-state index in [0.717, 1.165) is 15.5 Å².